The van der Waals surface area contributed by atoms with Crippen LogP contribution in [0.1, 0.15) is 0 Å². The molecule has 38 valence electrons. The zero-order valence-electron chi connectivity index (χ0n) is 3.89. The highest BCUT2D eigenvalue weighted by Crippen LogP contribution is 1.80. The van der Waals surface area contributed by atoms with Crippen molar-refractivity contribution in [2.45, 2.75) is 0 Å². The van der Waals surface area contributed by atoms with Crippen molar-refractivity contribution in [3.8, 4) is 6.07 Å². The van der Waals surface area contributed by atoms with Crippen molar-refractivity contribution in [2.24, 2.45) is 11.7 Å². The van der Waals surface area contributed by atoms with E-state index in [1.54, 1.807) is 0 Å². The second-order valence-corrected chi connectivity index (χ2v) is 1.14. The molecular formula is C4H7N3. The van der Waals surface area contributed by atoms with Gasteiger partial charge in [0.2, 0.25) is 0 Å². The number of rotatable bonds is 2. The molecule has 3 heteroatoms. The summed E-state index contributed by atoms with van der Waals surface area (Å²) in [6, 6.07) is 1.83. The highest BCUT2D eigenvalue weighted by molar-refractivity contribution is 5.60. The van der Waals surface area contributed by atoms with Crippen LogP contribution in [0.15, 0.2) is 0 Å². The fourth-order valence-electron chi connectivity index (χ4n) is 0.158. The lowest BCUT2D eigenvalue weighted by Gasteiger charge is -1.89. The smallest absolute Gasteiger partial charge is 0.0930 e. The minimum Gasteiger partial charge on any atom is -0.329 e. The Labute approximate surface area is 42.3 Å². The van der Waals surface area contributed by atoms with Crippen LogP contribution < -0.4 is 5.73 Å². The fourth-order valence-corrected chi connectivity index (χ4v) is 0.158. The maximum atomic E-state index is 8.04. The highest BCUT2D eigenvalue weighted by Gasteiger charge is 1.94. The Balaban J connectivity index is 3.43. The normalized spacial score (nSPS) is 12.0. The van der Waals surface area contributed by atoms with Crippen molar-refractivity contribution in [2.75, 3.05) is 6.54 Å². The molecule has 0 aliphatic carbocycles. The first-order valence-corrected chi connectivity index (χ1v) is 1.95. The summed E-state index contributed by atoms with van der Waals surface area (Å²) in [5.74, 6) is -0.389. The molecule has 7 heavy (non-hydrogen) atoms. The zero-order chi connectivity index (χ0) is 5.70. The lowest BCUT2D eigenvalue weighted by molar-refractivity contribution is 0.889. The molecule has 1 unspecified atom stereocenters. The zero-order valence-corrected chi connectivity index (χ0v) is 3.89. The molecule has 0 aliphatic heterocycles. The Hall–Kier alpha value is -0.880. The van der Waals surface area contributed by atoms with Gasteiger partial charge in [0.1, 0.15) is 0 Å². The lowest BCUT2D eigenvalue weighted by Crippen LogP contribution is -2.12. The molecule has 0 fully saturated rings. The summed E-state index contributed by atoms with van der Waals surface area (Å²) in [4.78, 5) is 0. The van der Waals surface area contributed by atoms with E-state index in [1.807, 2.05) is 6.07 Å². The van der Waals surface area contributed by atoms with Crippen LogP contribution >= 0.6 is 0 Å². The number of nitrogens with two attached hydrogens (primary N) is 1. The number of nitrogens with one attached hydrogen (secondary N) is 1. The van der Waals surface area contributed by atoms with Gasteiger partial charge in [0, 0.05) is 12.8 Å². The number of hydrogen-bond acceptors (Lipinski definition) is 3. The van der Waals surface area contributed by atoms with Gasteiger partial charge in [0.15, 0.2) is 0 Å². The van der Waals surface area contributed by atoms with Crippen molar-refractivity contribution in [3.63, 3.8) is 0 Å². The number of nitrogens with zero attached hydrogens (tertiary/aromatic N) is 1. The van der Waals surface area contributed by atoms with Gasteiger partial charge in [-0.2, -0.15) is 5.26 Å². The van der Waals surface area contributed by atoms with Gasteiger partial charge in [0.05, 0.1) is 12.0 Å². The summed E-state index contributed by atoms with van der Waals surface area (Å²) in [7, 11) is 0. The van der Waals surface area contributed by atoms with Crippen molar-refractivity contribution >= 4 is 6.21 Å². The summed E-state index contributed by atoms with van der Waals surface area (Å²) in [5.41, 5.74) is 5.02. The topological polar surface area (TPSA) is 73.7 Å². The van der Waals surface area contributed by atoms with Gasteiger partial charge in [-0.25, -0.2) is 0 Å². The Morgan fingerprint density at radius 2 is 2.57 bits per heavy atom. The van der Waals surface area contributed by atoms with Crippen LogP contribution in [0.3, 0.4) is 0 Å². The predicted octanol–water partition coefficient (Wildman–Crippen LogP) is -0.266. The third kappa shape index (κ3) is 1.90. The molecule has 3 nitrogen and oxygen atoms in total. The third-order valence-corrected chi connectivity index (χ3v) is 0.621. The maximum Gasteiger partial charge on any atom is 0.0930 e. The molecule has 0 aromatic heterocycles. The van der Waals surface area contributed by atoms with E-state index in [4.69, 9.17) is 16.4 Å². The summed E-state index contributed by atoms with van der Waals surface area (Å²) in [6.45, 7) is 0.250. The Morgan fingerprint density at radius 1 is 2.00 bits per heavy atom. The molecule has 0 bridgehead atoms. The largest absolute Gasteiger partial charge is 0.329 e. The van der Waals surface area contributed by atoms with Gasteiger partial charge < -0.3 is 11.1 Å². The second-order valence-electron chi connectivity index (χ2n) is 1.14. The van der Waals surface area contributed by atoms with E-state index >= 15 is 0 Å². The summed E-state index contributed by atoms with van der Waals surface area (Å²) in [5, 5.41) is 14.6. The van der Waals surface area contributed by atoms with E-state index in [9.17, 15) is 0 Å². The van der Waals surface area contributed by atoms with Crippen molar-refractivity contribution in [1.82, 2.24) is 0 Å². The highest BCUT2D eigenvalue weighted by atomic mass is 14.6. The quantitative estimate of drug-likeness (QED) is 0.465. The Kier molecular flexibility index (Phi) is 2.90. The van der Waals surface area contributed by atoms with Crippen LogP contribution in [-0.2, 0) is 0 Å². The molecule has 1 atom stereocenters. The van der Waals surface area contributed by atoms with Crippen LogP contribution in [0, 0.1) is 22.7 Å². The first-order valence-electron chi connectivity index (χ1n) is 1.95. The summed E-state index contributed by atoms with van der Waals surface area (Å²) >= 11 is 0. The van der Waals surface area contributed by atoms with Gasteiger partial charge in [-0.3, -0.25) is 0 Å². The van der Waals surface area contributed by atoms with Crippen LogP contribution in [0.4, 0.5) is 0 Å². The van der Waals surface area contributed by atoms with E-state index in [0.29, 0.717) is 0 Å². The fraction of sp³-hybridized carbons (Fsp3) is 0.500. The van der Waals surface area contributed by atoms with Crippen LogP contribution in [0.5, 0.6) is 0 Å². The minimum atomic E-state index is -0.389. The molecule has 0 heterocycles. The minimum absolute atomic E-state index is 0.250. The van der Waals surface area contributed by atoms with E-state index in [2.05, 4.69) is 0 Å². The average Bonchev–Trinajstić information content (AvgIpc) is 1.72. The number of nitriles is 1. The number of hydrogen-bond donors (Lipinski definition) is 2. The molecule has 0 amide bonds. The first kappa shape index (κ1) is 6.12. The maximum absolute atomic E-state index is 8.04. The van der Waals surface area contributed by atoms with E-state index in [0.717, 1.165) is 6.21 Å². The molecule has 0 spiro atoms. The molecule has 3 N–H and O–H groups in total. The van der Waals surface area contributed by atoms with Crippen LogP contribution in [-0.4, -0.2) is 12.8 Å². The van der Waals surface area contributed by atoms with Gasteiger partial charge in [0.25, 0.3) is 0 Å². The summed E-state index contributed by atoms with van der Waals surface area (Å²) in [6.07, 6.45) is 1.04. The SMILES string of the molecule is N#CC(C=N)CN. The predicted molar refractivity (Wildman–Crippen MR) is 26.9 cm³/mol. The molecule has 0 aliphatic rings. The van der Waals surface area contributed by atoms with E-state index in [-0.39, 0.29) is 12.5 Å². The summed E-state index contributed by atoms with van der Waals surface area (Å²) < 4.78 is 0. The standard InChI is InChI=1S/C4H7N3/c5-1-4(2-6)3-7/h1,4-5H,2,6H2. The third-order valence-electron chi connectivity index (χ3n) is 0.621. The molecular weight excluding hydrogens is 90.1 g/mol. The Morgan fingerprint density at radius 3 is 2.57 bits per heavy atom. The van der Waals surface area contributed by atoms with Gasteiger partial charge >= 0.3 is 0 Å². The molecule has 0 saturated carbocycles. The van der Waals surface area contributed by atoms with Gasteiger partial charge in [-0.05, 0) is 0 Å². The molecule has 0 aromatic rings. The Bertz CT molecular complexity index is 91.6. The van der Waals surface area contributed by atoms with Crippen molar-refractivity contribution in [3.05, 3.63) is 0 Å². The monoisotopic (exact) mass is 97.1 g/mol. The second kappa shape index (κ2) is 3.32. The van der Waals surface area contributed by atoms with Gasteiger partial charge in [-0.1, -0.05) is 0 Å². The molecule has 0 rings (SSSR count). The van der Waals surface area contributed by atoms with E-state index < -0.39 is 0 Å². The van der Waals surface area contributed by atoms with Gasteiger partial charge in [-0.15, -0.1) is 0 Å². The first-order chi connectivity index (χ1) is 3.35. The van der Waals surface area contributed by atoms with Crippen molar-refractivity contribution < 1.29 is 0 Å². The molecule has 0 radical (unpaired) electrons. The molecule has 0 aromatic carbocycles. The van der Waals surface area contributed by atoms with Crippen LogP contribution in [0.2, 0.25) is 0 Å². The molecule has 0 saturated heterocycles. The lowest BCUT2D eigenvalue weighted by atomic mass is 10.2. The van der Waals surface area contributed by atoms with Crippen molar-refractivity contribution in [1.29, 1.82) is 10.7 Å². The average molecular weight is 97.1 g/mol. The van der Waals surface area contributed by atoms with Crippen LogP contribution in [0.25, 0.3) is 0 Å². The van der Waals surface area contributed by atoms with E-state index in [1.165, 1.54) is 0 Å².